The van der Waals surface area contributed by atoms with E-state index < -0.39 is 5.97 Å². The van der Waals surface area contributed by atoms with Crippen LogP contribution in [0.1, 0.15) is 51.4 Å². The van der Waals surface area contributed by atoms with Crippen molar-refractivity contribution in [3.63, 3.8) is 0 Å². The van der Waals surface area contributed by atoms with E-state index in [1.807, 2.05) is 0 Å². The highest BCUT2D eigenvalue weighted by molar-refractivity contribution is 5.78. The molecule has 0 aliphatic heterocycles. The lowest BCUT2D eigenvalue weighted by Crippen LogP contribution is -2.37. The molecule has 0 aromatic rings. The molecule has 4 heteroatoms. The molecular formula is C14H21NO3. The van der Waals surface area contributed by atoms with Gasteiger partial charge in [-0.2, -0.15) is 0 Å². The van der Waals surface area contributed by atoms with Gasteiger partial charge in [0.1, 0.15) is 0 Å². The van der Waals surface area contributed by atoms with Crippen LogP contribution < -0.4 is 5.32 Å². The molecule has 0 atom stereocenters. The average Bonchev–Trinajstić information content (AvgIpc) is 2.89. The number of carboxylic acid groups (broad SMARTS) is 1. The molecule has 0 heterocycles. The molecule has 1 amide bonds. The molecule has 0 spiro atoms. The summed E-state index contributed by atoms with van der Waals surface area (Å²) in [6.45, 7) is 0. The van der Waals surface area contributed by atoms with E-state index in [1.165, 1.54) is 0 Å². The Balaban J connectivity index is 1.87. The number of rotatable bonds is 5. The molecule has 2 N–H and O–H groups in total. The van der Waals surface area contributed by atoms with Gasteiger partial charge in [-0.1, -0.05) is 25.0 Å². The summed E-state index contributed by atoms with van der Waals surface area (Å²) in [6, 6.07) is 0.223. The number of nitrogens with one attached hydrogen (secondary N) is 1. The average molecular weight is 251 g/mol. The highest BCUT2D eigenvalue weighted by Crippen LogP contribution is 2.44. The molecule has 0 radical (unpaired) electrons. The fourth-order valence-corrected chi connectivity index (χ4v) is 3.22. The lowest BCUT2D eigenvalue weighted by molar-refractivity contribution is -0.140. The predicted molar refractivity (Wildman–Crippen MR) is 68.1 cm³/mol. The maximum absolute atomic E-state index is 12.0. The highest BCUT2D eigenvalue weighted by Gasteiger charge is 2.38. The number of aliphatic carboxylic acids is 1. The quantitative estimate of drug-likeness (QED) is 0.736. The van der Waals surface area contributed by atoms with Gasteiger partial charge in [-0.15, -0.1) is 0 Å². The van der Waals surface area contributed by atoms with Crippen molar-refractivity contribution in [2.75, 3.05) is 0 Å². The fraction of sp³-hybridized carbons (Fsp3) is 0.714. The number of hydrogen-bond donors (Lipinski definition) is 2. The van der Waals surface area contributed by atoms with Gasteiger partial charge >= 0.3 is 5.97 Å². The SMILES string of the molecule is O=C(O)CC1(CC(=O)NC2CC=CC2)CCCC1. The number of carbonyl (C=O) groups is 2. The first-order valence-corrected chi connectivity index (χ1v) is 6.76. The summed E-state index contributed by atoms with van der Waals surface area (Å²) >= 11 is 0. The van der Waals surface area contributed by atoms with Gasteiger partial charge in [-0.05, 0) is 31.1 Å². The van der Waals surface area contributed by atoms with Crippen LogP contribution in [0, 0.1) is 5.41 Å². The van der Waals surface area contributed by atoms with Crippen molar-refractivity contribution >= 4 is 11.9 Å². The predicted octanol–water partition coefficient (Wildman–Crippen LogP) is 2.25. The van der Waals surface area contributed by atoms with E-state index in [9.17, 15) is 9.59 Å². The van der Waals surface area contributed by atoms with Crippen LogP contribution in [0.2, 0.25) is 0 Å². The Morgan fingerprint density at radius 1 is 1.17 bits per heavy atom. The Hall–Kier alpha value is -1.32. The van der Waals surface area contributed by atoms with E-state index in [-0.39, 0.29) is 23.8 Å². The van der Waals surface area contributed by atoms with E-state index in [2.05, 4.69) is 17.5 Å². The van der Waals surface area contributed by atoms with Crippen molar-refractivity contribution in [2.45, 2.75) is 57.4 Å². The summed E-state index contributed by atoms with van der Waals surface area (Å²) in [7, 11) is 0. The molecule has 4 nitrogen and oxygen atoms in total. The van der Waals surface area contributed by atoms with Crippen molar-refractivity contribution in [3.05, 3.63) is 12.2 Å². The summed E-state index contributed by atoms with van der Waals surface area (Å²) in [5.74, 6) is -0.765. The zero-order valence-corrected chi connectivity index (χ0v) is 10.7. The standard InChI is InChI=1S/C14H21NO3/c16-12(15-11-5-1-2-6-11)9-14(10-13(17)18)7-3-4-8-14/h1-2,11H,3-10H2,(H,15,16)(H,17,18). The molecule has 1 saturated carbocycles. The number of carbonyl (C=O) groups excluding carboxylic acids is 1. The van der Waals surface area contributed by atoms with E-state index in [1.54, 1.807) is 0 Å². The van der Waals surface area contributed by atoms with Crippen LogP contribution >= 0.6 is 0 Å². The molecule has 0 bridgehead atoms. The monoisotopic (exact) mass is 251 g/mol. The first-order valence-electron chi connectivity index (χ1n) is 6.76. The molecule has 2 aliphatic rings. The highest BCUT2D eigenvalue weighted by atomic mass is 16.4. The topological polar surface area (TPSA) is 66.4 Å². The zero-order valence-electron chi connectivity index (χ0n) is 10.7. The lowest BCUT2D eigenvalue weighted by Gasteiger charge is -2.27. The van der Waals surface area contributed by atoms with Crippen molar-refractivity contribution in [1.29, 1.82) is 0 Å². The van der Waals surface area contributed by atoms with Crippen LogP contribution in [0.15, 0.2) is 12.2 Å². The smallest absolute Gasteiger partial charge is 0.303 e. The first kappa shape index (κ1) is 13.1. The number of amides is 1. The minimum Gasteiger partial charge on any atom is -0.481 e. The third kappa shape index (κ3) is 3.34. The van der Waals surface area contributed by atoms with Crippen LogP contribution in [0.5, 0.6) is 0 Å². The Morgan fingerprint density at radius 3 is 2.33 bits per heavy atom. The molecule has 1 fully saturated rings. The first-order chi connectivity index (χ1) is 8.60. The lowest BCUT2D eigenvalue weighted by atomic mass is 9.79. The minimum absolute atomic E-state index is 0.0202. The Labute approximate surface area is 107 Å². The normalized spacial score (nSPS) is 22.2. The molecular weight excluding hydrogens is 230 g/mol. The van der Waals surface area contributed by atoms with E-state index in [0.29, 0.717) is 6.42 Å². The Kier molecular flexibility index (Phi) is 4.04. The molecule has 2 rings (SSSR count). The second-order valence-corrected chi connectivity index (χ2v) is 5.66. The van der Waals surface area contributed by atoms with E-state index in [0.717, 1.165) is 38.5 Å². The van der Waals surface area contributed by atoms with Crippen LogP contribution in [0.3, 0.4) is 0 Å². The van der Waals surface area contributed by atoms with Gasteiger partial charge in [0, 0.05) is 12.5 Å². The molecule has 0 unspecified atom stereocenters. The van der Waals surface area contributed by atoms with Crippen LogP contribution in [0.4, 0.5) is 0 Å². The van der Waals surface area contributed by atoms with Gasteiger partial charge in [0.2, 0.25) is 5.91 Å². The van der Waals surface area contributed by atoms with Crippen LogP contribution in [0.25, 0.3) is 0 Å². The summed E-state index contributed by atoms with van der Waals surface area (Å²) < 4.78 is 0. The van der Waals surface area contributed by atoms with Gasteiger partial charge in [-0.3, -0.25) is 9.59 Å². The van der Waals surface area contributed by atoms with Gasteiger partial charge in [0.05, 0.1) is 6.42 Å². The molecule has 2 aliphatic carbocycles. The third-order valence-corrected chi connectivity index (χ3v) is 4.10. The van der Waals surface area contributed by atoms with Gasteiger partial charge < -0.3 is 10.4 Å². The van der Waals surface area contributed by atoms with Crippen LogP contribution in [-0.4, -0.2) is 23.0 Å². The zero-order chi connectivity index (χ0) is 13.0. The van der Waals surface area contributed by atoms with Crippen molar-refractivity contribution < 1.29 is 14.7 Å². The molecule has 100 valence electrons. The second-order valence-electron chi connectivity index (χ2n) is 5.66. The number of hydrogen-bond acceptors (Lipinski definition) is 2. The maximum atomic E-state index is 12.0. The number of carboxylic acids is 1. The third-order valence-electron chi connectivity index (χ3n) is 4.10. The summed E-state index contributed by atoms with van der Waals surface area (Å²) in [6.07, 6.45) is 10.3. The van der Waals surface area contributed by atoms with Gasteiger partial charge in [0.15, 0.2) is 0 Å². The molecule has 18 heavy (non-hydrogen) atoms. The summed E-state index contributed by atoms with van der Waals surface area (Å²) in [5, 5.41) is 12.0. The van der Waals surface area contributed by atoms with Crippen molar-refractivity contribution in [2.24, 2.45) is 5.41 Å². The molecule has 0 saturated heterocycles. The van der Waals surface area contributed by atoms with Gasteiger partial charge in [-0.25, -0.2) is 0 Å². The fourth-order valence-electron chi connectivity index (χ4n) is 3.22. The minimum atomic E-state index is -0.785. The van der Waals surface area contributed by atoms with Crippen molar-refractivity contribution in [3.8, 4) is 0 Å². The molecule has 0 aromatic carbocycles. The maximum Gasteiger partial charge on any atom is 0.303 e. The van der Waals surface area contributed by atoms with Crippen molar-refractivity contribution in [1.82, 2.24) is 5.32 Å². The second kappa shape index (κ2) is 5.55. The molecule has 0 aromatic heterocycles. The Bertz CT molecular complexity index is 348. The summed E-state index contributed by atoms with van der Waals surface area (Å²) in [4.78, 5) is 23.0. The van der Waals surface area contributed by atoms with E-state index in [4.69, 9.17) is 5.11 Å². The van der Waals surface area contributed by atoms with Crippen LogP contribution in [-0.2, 0) is 9.59 Å². The van der Waals surface area contributed by atoms with E-state index >= 15 is 0 Å². The summed E-state index contributed by atoms with van der Waals surface area (Å²) in [5.41, 5.74) is -0.290. The largest absolute Gasteiger partial charge is 0.481 e. The Morgan fingerprint density at radius 2 is 1.78 bits per heavy atom. The van der Waals surface area contributed by atoms with Gasteiger partial charge in [0.25, 0.3) is 0 Å².